The van der Waals surface area contributed by atoms with E-state index < -0.39 is 44.5 Å². The van der Waals surface area contributed by atoms with Crippen LogP contribution in [0.25, 0.3) is 22.8 Å². The van der Waals surface area contributed by atoms with Crippen molar-refractivity contribution in [3.63, 3.8) is 0 Å². The summed E-state index contributed by atoms with van der Waals surface area (Å²) in [7, 11) is -4.27. The summed E-state index contributed by atoms with van der Waals surface area (Å²) in [6.07, 6.45) is 10.4. The van der Waals surface area contributed by atoms with Crippen molar-refractivity contribution >= 4 is 61.3 Å². The summed E-state index contributed by atoms with van der Waals surface area (Å²) in [6, 6.07) is 6.89. The van der Waals surface area contributed by atoms with Crippen molar-refractivity contribution < 1.29 is 49.7 Å². The van der Waals surface area contributed by atoms with Gasteiger partial charge < -0.3 is 23.3 Å². The summed E-state index contributed by atoms with van der Waals surface area (Å²) in [5.41, 5.74) is 1.79. The Morgan fingerprint density at radius 3 is 1.60 bits per heavy atom. The molecule has 0 spiro atoms. The second kappa shape index (κ2) is 20.1. The minimum Gasteiger partial charge on any atom is -0.477 e. The predicted molar refractivity (Wildman–Crippen MR) is 214 cm³/mol. The quantitative estimate of drug-likeness (QED) is 0.121. The molecule has 0 unspecified atom stereocenters. The molecular formula is C34H35Cl2N11O11S2. The number of carbonyl (C=O) groups is 2. The summed E-state index contributed by atoms with van der Waals surface area (Å²) in [6.45, 7) is 3.32. The zero-order valence-electron chi connectivity index (χ0n) is 32.2. The Labute approximate surface area is 352 Å². The molecule has 6 rings (SSSR count). The van der Waals surface area contributed by atoms with Crippen LogP contribution < -0.4 is 13.7 Å². The topological polar surface area (TPSA) is 296 Å². The van der Waals surface area contributed by atoms with Crippen LogP contribution in [0.1, 0.15) is 47.7 Å². The molecule has 0 aliphatic carbocycles. The van der Waals surface area contributed by atoms with E-state index in [1.807, 2.05) is 0 Å². The lowest BCUT2D eigenvalue weighted by Gasteiger charge is -2.15. The maximum atomic E-state index is 12.4. The second-order valence-corrected chi connectivity index (χ2v) is 15.9. The van der Waals surface area contributed by atoms with E-state index in [1.165, 1.54) is 47.4 Å². The fraction of sp³-hybridized carbons (Fsp3) is 0.235. The fourth-order valence-corrected chi connectivity index (χ4v) is 6.13. The third kappa shape index (κ3) is 13.3. The summed E-state index contributed by atoms with van der Waals surface area (Å²) in [4.78, 5) is 47.1. The van der Waals surface area contributed by atoms with E-state index in [4.69, 9.17) is 42.3 Å². The number of amides is 1. The lowest BCUT2D eigenvalue weighted by molar-refractivity contribution is 0.0685. The Morgan fingerprint density at radius 2 is 1.17 bits per heavy atom. The van der Waals surface area contributed by atoms with Gasteiger partial charge in [-0.15, -0.1) is 0 Å². The Hall–Kier alpha value is -6.34. The first-order chi connectivity index (χ1) is 28.1. The molecule has 2 atom stereocenters. The van der Waals surface area contributed by atoms with E-state index >= 15 is 0 Å². The first-order valence-corrected chi connectivity index (χ1v) is 21.1. The number of pyridine rings is 2. The lowest BCUT2D eigenvalue weighted by atomic mass is 10.2. The van der Waals surface area contributed by atoms with Gasteiger partial charge in [-0.25, -0.2) is 39.5 Å². The summed E-state index contributed by atoms with van der Waals surface area (Å²) in [5.74, 6) is -0.682. The van der Waals surface area contributed by atoms with Crippen molar-refractivity contribution in [1.29, 1.82) is 0 Å². The van der Waals surface area contributed by atoms with Crippen molar-refractivity contribution in [2.24, 2.45) is 14.1 Å². The number of nitrogens with zero attached hydrogens (tertiary/aromatic N) is 10. The van der Waals surface area contributed by atoms with Crippen LogP contribution in [-0.4, -0.2) is 101 Å². The minimum atomic E-state index is -3.70. The number of halogens is 2. The monoisotopic (exact) mass is 907 g/mol. The number of ether oxygens (including phenoxy) is 1. The first-order valence-electron chi connectivity index (χ1n) is 16.7. The summed E-state index contributed by atoms with van der Waals surface area (Å²) in [5, 5.41) is 29.3. The van der Waals surface area contributed by atoms with E-state index in [0.717, 1.165) is 24.9 Å². The van der Waals surface area contributed by atoms with E-state index in [0.29, 0.717) is 21.8 Å². The number of aliphatic hydroxyl groups is 1. The Bertz CT molecular complexity index is 2660. The van der Waals surface area contributed by atoms with Crippen LogP contribution in [0.2, 0.25) is 10.3 Å². The SMILES string of the molecule is C[C@@H](O)c1cccnc1Cl.C[C@@H](OC(=O)Nc1c(-c2ncc(OS(C)(=O)=O)cn2)cnn1C)c1cccnc1Cl.Cn1ncc(-c2ncc(OS(C)(=O)=O)cn2)c1C(=O)O. The lowest BCUT2D eigenvalue weighted by Crippen LogP contribution is -2.18. The molecule has 0 saturated heterocycles. The molecule has 6 aromatic heterocycles. The van der Waals surface area contributed by atoms with Crippen molar-refractivity contribution in [2.45, 2.75) is 26.1 Å². The number of carbonyl (C=O) groups excluding carboxylic acids is 1. The number of aliphatic hydroxyl groups excluding tert-OH is 1. The molecule has 22 nitrogen and oxygen atoms in total. The van der Waals surface area contributed by atoms with Crippen LogP contribution in [0.15, 0.2) is 73.8 Å². The number of carboxylic acid groups (broad SMARTS) is 1. The minimum absolute atomic E-state index is 0.0405. The molecule has 1 amide bonds. The normalized spacial score (nSPS) is 12.1. The molecule has 0 aliphatic rings. The van der Waals surface area contributed by atoms with E-state index in [-0.39, 0.29) is 45.4 Å². The maximum absolute atomic E-state index is 12.4. The number of carboxylic acids is 1. The third-order valence-corrected chi connectivity index (χ3v) is 8.90. The van der Waals surface area contributed by atoms with Crippen LogP contribution >= 0.6 is 23.2 Å². The Balaban J connectivity index is 0.000000226. The molecule has 318 valence electrons. The van der Waals surface area contributed by atoms with Gasteiger partial charge in [0.15, 0.2) is 28.8 Å². The molecule has 6 aromatic rings. The molecule has 6 heterocycles. The molecule has 0 aliphatic heterocycles. The highest BCUT2D eigenvalue weighted by atomic mass is 35.5. The number of anilines is 1. The highest BCUT2D eigenvalue weighted by Crippen LogP contribution is 2.28. The second-order valence-electron chi connectivity index (χ2n) is 12.0. The maximum Gasteiger partial charge on any atom is 0.413 e. The zero-order chi connectivity index (χ0) is 44.4. The molecule has 0 fully saturated rings. The van der Waals surface area contributed by atoms with Crippen LogP contribution in [0, 0.1) is 0 Å². The zero-order valence-corrected chi connectivity index (χ0v) is 35.3. The van der Waals surface area contributed by atoms with Gasteiger partial charge >= 0.3 is 32.3 Å². The molecular weight excluding hydrogens is 873 g/mol. The van der Waals surface area contributed by atoms with Crippen molar-refractivity contribution in [2.75, 3.05) is 17.8 Å². The number of aryl methyl sites for hydroxylation is 2. The van der Waals surface area contributed by atoms with Crippen LogP contribution in [0.3, 0.4) is 0 Å². The molecule has 3 N–H and O–H groups in total. The van der Waals surface area contributed by atoms with Gasteiger partial charge in [-0.3, -0.25) is 14.7 Å². The molecule has 0 bridgehead atoms. The standard InChI is InChI=1S/C17H17ClN6O5S.C10H10N4O5S.C7H8ClNO/c1-10(12-5-4-6-19-14(12)18)28-17(25)23-16-13(9-22-24(16)2)15-20-7-11(8-21-15)29-30(3,26)27;1-14-8(10(15)16)7(5-13-14)9-11-3-6(4-12-9)19-20(2,17)18;1-5(10)6-3-2-4-9-7(6)8/h4-10H,1-3H3,(H,23,25);3-5H,1-2H3,(H,15,16);2-5,10H,1H3/t10-;;5-/m1.1/s1. The highest BCUT2D eigenvalue weighted by Gasteiger charge is 2.21. The molecule has 60 heavy (non-hydrogen) atoms. The third-order valence-electron chi connectivity index (χ3n) is 7.28. The van der Waals surface area contributed by atoms with Gasteiger partial charge in [-0.05, 0) is 26.0 Å². The Kier molecular flexibility index (Phi) is 15.5. The number of hydrogen-bond donors (Lipinski definition) is 3. The van der Waals surface area contributed by atoms with Gasteiger partial charge in [0.1, 0.15) is 22.2 Å². The number of rotatable bonds is 11. The van der Waals surface area contributed by atoms with Crippen molar-refractivity contribution in [3.05, 3.63) is 101 Å². The average Bonchev–Trinajstić information content (AvgIpc) is 3.73. The first kappa shape index (κ1) is 46.4. The largest absolute Gasteiger partial charge is 0.477 e. The van der Waals surface area contributed by atoms with Crippen LogP contribution in [0.4, 0.5) is 10.6 Å². The summed E-state index contributed by atoms with van der Waals surface area (Å²) < 4.78 is 61.5. The van der Waals surface area contributed by atoms with Gasteiger partial charge in [0.2, 0.25) is 0 Å². The number of aromatic carboxylic acids is 1. The predicted octanol–water partition coefficient (Wildman–Crippen LogP) is 4.28. The van der Waals surface area contributed by atoms with Crippen LogP contribution in [-0.2, 0) is 39.1 Å². The van der Waals surface area contributed by atoms with E-state index in [9.17, 15) is 26.4 Å². The average molecular weight is 909 g/mol. The molecule has 0 saturated carbocycles. The molecule has 0 aromatic carbocycles. The van der Waals surface area contributed by atoms with E-state index in [2.05, 4.69) is 49.6 Å². The van der Waals surface area contributed by atoms with Gasteiger partial charge in [-0.2, -0.15) is 27.0 Å². The Morgan fingerprint density at radius 1 is 0.717 bits per heavy atom. The van der Waals surface area contributed by atoms with E-state index in [1.54, 1.807) is 51.4 Å². The van der Waals surface area contributed by atoms with Crippen LogP contribution in [0.5, 0.6) is 11.5 Å². The molecule has 0 radical (unpaired) electrons. The number of hydrogen-bond acceptors (Lipinski definition) is 18. The summed E-state index contributed by atoms with van der Waals surface area (Å²) >= 11 is 11.7. The fourth-order valence-electron chi connectivity index (χ4n) is 4.71. The van der Waals surface area contributed by atoms with Gasteiger partial charge in [-0.1, -0.05) is 35.3 Å². The highest BCUT2D eigenvalue weighted by molar-refractivity contribution is 7.86. The molecule has 26 heteroatoms. The number of aromatic nitrogens is 10. The van der Waals surface area contributed by atoms with Crippen molar-refractivity contribution in [1.82, 2.24) is 49.5 Å². The van der Waals surface area contributed by atoms with Gasteiger partial charge in [0.25, 0.3) is 0 Å². The number of nitrogens with one attached hydrogen (secondary N) is 1. The van der Waals surface area contributed by atoms with Gasteiger partial charge in [0, 0.05) is 37.6 Å². The van der Waals surface area contributed by atoms with Gasteiger partial charge in [0.05, 0.1) is 66.9 Å². The van der Waals surface area contributed by atoms with Crippen molar-refractivity contribution in [3.8, 4) is 34.3 Å². The smallest absolute Gasteiger partial charge is 0.413 e.